The summed E-state index contributed by atoms with van der Waals surface area (Å²) in [5.41, 5.74) is 1.92. The topological polar surface area (TPSA) is 62.2 Å². The van der Waals surface area contributed by atoms with E-state index in [1.807, 2.05) is 16.8 Å². The monoisotopic (exact) mass is 234 g/mol. The minimum Gasteiger partial charge on any atom is -0.478 e. The summed E-state index contributed by atoms with van der Waals surface area (Å²) in [7, 11) is 0. The number of carboxylic acid groups (broad SMARTS) is 1. The molecule has 0 bridgehead atoms. The number of carboxylic acids is 1. The SMILES string of the molecule is O=C(O)c1cnccc1NCc1ccsc1. The third kappa shape index (κ3) is 2.38. The van der Waals surface area contributed by atoms with Crippen molar-refractivity contribution in [2.24, 2.45) is 0 Å². The van der Waals surface area contributed by atoms with Gasteiger partial charge in [-0.15, -0.1) is 0 Å². The minimum atomic E-state index is -0.971. The molecule has 0 fully saturated rings. The van der Waals surface area contributed by atoms with Gasteiger partial charge in [-0.1, -0.05) is 0 Å². The van der Waals surface area contributed by atoms with Gasteiger partial charge in [-0.05, 0) is 28.5 Å². The summed E-state index contributed by atoms with van der Waals surface area (Å²) in [5.74, 6) is -0.971. The number of thiophene rings is 1. The second-order valence-electron chi connectivity index (χ2n) is 3.21. The lowest BCUT2D eigenvalue weighted by Crippen LogP contribution is -2.06. The lowest BCUT2D eigenvalue weighted by atomic mass is 10.2. The molecule has 2 aromatic heterocycles. The molecule has 0 aliphatic carbocycles. The highest BCUT2D eigenvalue weighted by Crippen LogP contribution is 2.15. The van der Waals surface area contributed by atoms with Gasteiger partial charge in [0.2, 0.25) is 0 Å². The summed E-state index contributed by atoms with van der Waals surface area (Å²) in [6, 6.07) is 3.66. The number of hydrogen-bond acceptors (Lipinski definition) is 4. The molecule has 2 aromatic rings. The Hall–Kier alpha value is -1.88. The molecule has 0 radical (unpaired) electrons. The van der Waals surface area contributed by atoms with Crippen LogP contribution in [0.1, 0.15) is 15.9 Å². The van der Waals surface area contributed by atoms with E-state index < -0.39 is 5.97 Å². The molecule has 2 heterocycles. The Morgan fingerprint density at radius 2 is 2.38 bits per heavy atom. The van der Waals surface area contributed by atoms with Crippen LogP contribution >= 0.6 is 11.3 Å². The van der Waals surface area contributed by atoms with E-state index in [0.29, 0.717) is 12.2 Å². The van der Waals surface area contributed by atoms with E-state index in [-0.39, 0.29) is 5.56 Å². The van der Waals surface area contributed by atoms with Gasteiger partial charge >= 0.3 is 5.97 Å². The van der Waals surface area contributed by atoms with Crippen molar-refractivity contribution >= 4 is 23.0 Å². The fraction of sp³-hybridized carbons (Fsp3) is 0.0909. The first-order valence-electron chi connectivity index (χ1n) is 4.69. The largest absolute Gasteiger partial charge is 0.478 e. The summed E-state index contributed by atoms with van der Waals surface area (Å²) in [6.45, 7) is 0.619. The van der Waals surface area contributed by atoms with Crippen LogP contribution in [0, 0.1) is 0 Å². The summed E-state index contributed by atoms with van der Waals surface area (Å²) in [4.78, 5) is 14.7. The van der Waals surface area contributed by atoms with Crippen LogP contribution in [0.5, 0.6) is 0 Å². The van der Waals surface area contributed by atoms with E-state index in [1.165, 1.54) is 6.20 Å². The Morgan fingerprint density at radius 1 is 1.50 bits per heavy atom. The molecule has 82 valence electrons. The maximum Gasteiger partial charge on any atom is 0.339 e. The summed E-state index contributed by atoms with van der Waals surface area (Å²) in [6.07, 6.45) is 2.92. The Morgan fingerprint density at radius 3 is 3.06 bits per heavy atom. The smallest absolute Gasteiger partial charge is 0.339 e. The Labute approximate surface area is 96.6 Å². The standard InChI is InChI=1S/C11H10N2O2S/c14-11(15)9-6-12-3-1-10(9)13-5-8-2-4-16-7-8/h1-4,6-7H,5H2,(H,12,13)(H,14,15). The summed E-state index contributed by atoms with van der Waals surface area (Å²) >= 11 is 1.62. The number of rotatable bonds is 4. The first-order valence-corrected chi connectivity index (χ1v) is 5.64. The van der Waals surface area contributed by atoms with E-state index in [2.05, 4.69) is 10.3 Å². The zero-order valence-corrected chi connectivity index (χ0v) is 9.20. The first kappa shape index (κ1) is 10.6. The lowest BCUT2D eigenvalue weighted by Gasteiger charge is -2.07. The maximum atomic E-state index is 10.9. The zero-order chi connectivity index (χ0) is 11.4. The van der Waals surface area contributed by atoms with E-state index in [0.717, 1.165) is 5.56 Å². The molecule has 4 nitrogen and oxygen atoms in total. The number of carbonyl (C=O) groups is 1. The van der Waals surface area contributed by atoms with Crippen molar-refractivity contribution in [3.05, 3.63) is 46.4 Å². The predicted octanol–water partition coefficient (Wildman–Crippen LogP) is 2.45. The number of anilines is 1. The molecule has 2 N–H and O–H groups in total. The van der Waals surface area contributed by atoms with Gasteiger partial charge in [-0.2, -0.15) is 11.3 Å². The van der Waals surface area contributed by atoms with E-state index in [9.17, 15) is 4.79 Å². The number of nitrogens with one attached hydrogen (secondary N) is 1. The predicted molar refractivity (Wildman–Crippen MR) is 62.8 cm³/mol. The van der Waals surface area contributed by atoms with Crippen LogP contribution in [0.25, 0.3) is 0 Å². The van der Waals surface area contributed by atoms with Crippen molar-refractivity contribution in [2.45, 2.75) is 6.54 Å². The third-order valence-electron chi connectivity index (χ3n) is 2.11. The average Bonchev–Trinajstić information content (AvgIpc) is 2.79. The van der Waals surface area contributed by atoms with Crippen molar-refractivity contribution in [1.82, 2.24) is 4.98 Å². The Balaban J connectivity index is 2.12. The molecule has 5 heteroatoms. The number of aromatic nitrogens is 1. The van der Waals surface area contributed by atoms with Gasteiger partial charge in [0.1, 0.15) is 5.56 Å². The Bertz CT molecular complexity index is 482. The van der Waals surface area contributed by atoms with E-state index >= 15 is 0 Å². The highest BCUT2D eigenvalue weighted by atomic mass is 32.1. The fourth-order valence-electron chi connectivity index (χ4n) is 1.31. The van der Waals surface area contributed by atoms with Crippen LogP contribution in [-0.4, -0.2) is 16.1 Å². The zero-order valence-electron chi connectivity index (χ0n) is 8.38. The molecule has 16 heavy (non-hydrogen) atoms. The third-order valence-corrected chi connectivity index (χ3v) is 2.85. The molecule has 0 amide bonds. The van der Waals surface area contributed by atoms with Crippen LogP contribution in [-0.2, 0) is 6.54 Å². The second-order valence-corrected chi connectivity index (χ2v) is 3.99. The summed E-state index contributed by atoms with van der Waals surface area (Å²) in [5, 5.41) is 16.0. The Kier molecular flexibility index (Phi) is 3.16. The number of pyridine rings is 1. The molecule has 2 rings (SSSR count). The quantitative estimate of drug-likeness (QED) is 0.853. The molecule has 0 saturated carbocycles. The second kappa shape index (κ2) is 4.76. The first-order chi connectivity index (χ1) is 7.77. The number of aromatic carboxylic acids is 1. The molecule has 0 aliphatic heterocycles. The van der Waals surface area contributed by atoms with Gasteiger partial charge in [-0.25, -0.2) is 4.79 Å². The molecular formula is C11H10N2O2S. The van der Waals surface area contributed by atoms with Gasteiger partial charge in [0.25, 0.3) is 0 Å². The van der Waals surface area contributed by atoms with Crippen LogP contribution in [0.2, 0.25) is 0 Å². The lowest BCUT2D eigenvalue weighted by molar-refractivity contribution is 0.0697. The van der Waals surface area contributed by atoms with Crippen molar-refractivity contribution in [3.8, 4) is 0 Å². The van der Waals surface area contributed by atoms with Gasteiger partial charge in [0, 0.05) is 18.9 Å². The highest BCUT2D eigenvalue weighted by molar-refractivity contribution is 7.07. The minimum absolute atomic E-state index is 0.192. The normalized spacial score (nSPS) is 10.0. The van der Waals surface area contributed by atoms with Gasteiger partial charge in [0.05, 0.1) is 5.69 Å². The molecule has 0 aliphatic rings. The van der Waals surface area contributed by atoms with Crippen LogP contribution in [0.3, 0.4) is 0 Å². The van der Waals surface area contributed by atoms with E-state index in [1.54, 1.807) is 23.6 Å². The van der Waals surface area contributed by atoms with Crippen molar-refractivity contribution in [1.29, 1.82) is 0 Å². The van der Waals surface area contributed by atoms with Gasteiger partial charge < -0.3 is 10.4 Å². The van der Waals surface area contributed by atoms with Crippen molar-refractivity contribution in [2.75, 3.05) is 5.32 Å². The van der Waals surface area contributed by atoms with Gasteiger partial charge in [0.15, 0.2) is 0 Å². The highest BCUT2D eigenvalue weighted by Gasteiger charge is 2.08. The van der Waals surface area contributed by atoms with Gasteiger partial charge in [-0.3, -0.25) is 4.98 Å². The van der Waals surface area contributed by atoms with Crippen molar-refractivity contribution in [3.63, 3.8) is 0 Å². The molecule has 0 aromatic carbocycles. The molecule has 0 saturated heterocycles. The van der Waals surface area contributed by atoms with E-state index in [4.69, 9.17) is 5.11 Å². The van der Waals surface area contributed by atoms with Crippen LogP contribution in [0.4, 0.5) is 5.69 Å². The fourth-order valence-corrected chi connectivity index (χ4v) is 1.98. The summed E-state index contributed by atoms with van der Waals surface area (Å²) < 4.78 is 0. The average molecular weight is 234 g/mol. The molecule has 0 unspecified atom stereocenters. The molecule has 0 spiro atoms. The number of hydrogen-bond donors (Lipinski definition) is 2. The van der Waals surface area contributed by atoms with Crippen LogP contribution in [0.15, 0.2) is 35.3 Å². The molecule has 0 atom stereocenters. The van der Waals surface area contributed by atoms with Crippen molar-refractivity contribution < 1.29 is 9.90 Å². The number of nitrogens with zero attached hydrogens (tertiary/aromatic N) is 1. The maximum absolute atomic E-state index is 10.9. The molecular weight excluding hydrogens is 224 g/mol. The van der Waals surface area contributed by atoms with Crippen LogP contribution < -0.4 is 5.32 Å².